The summed E-state index contributed by atoms with van der Waals surface area (Å²) in [6, 6.07) is 14.4. The van der Waals surface area contributed by atoms with Gasteiger partial charge in [0.15, 0.2) is 0 Å². The number of amides is 1. The Bertz CT molecular complexity index is 680. The molecule has 1 heterocycles. The van der Waals surface area contributed by atoms with Crippen LogP contribution in [0.3, 0.4) is 0 Å². The third kappa shape index (κ3) is 4.16. The highest BCUT2D eigenvalue weighted by Gasteiger charge is 2.22. The average molecular weight is 344 g/mol. The summed E-state index contributed by atoms with van der Waals surface area (Å²) in [7, 11) is 0. The molecule has 2 aromatic rings. The van der Waals surface area contributed by atoms with Gasteiger partial charge in [0, 0.05) is 43.2 Å². The molecule has 0 radical (unpaired) electrons. The Morgan fingerprint density at radius 2 is 1.62 bits per heavy atom. The number of hydrogen-bond donors (Lipinski definition) is 0. The second-order valence-electron chi connectivity index (χ2n) is 5.92. The molecule has 1 aliphatic rings. The van der Waals surface area contributed by atoms with Gasteiger partial charge in [-0.3, -0.25) is 9.69 Å². The smallest absolute Gasteiger partial charge is 0.253 e. The third-order valence-electron chi connectivity index (χ3n) is 4.32. The van der Waals surface area contributed by atoms with Crippen molar-refractivity contribution in [2.45, 2.75) is 11.4 Å². The van der Waals surface area contributed by atoms with Gasteiger partial charge in [0.1, 0.15) is 5.82 Å². The van der Waals surface area contributed by atoms with E-state index in [-0.39, 0.29) is 11.7 Å². The summed E-state index contributed by atoms with van der Waals surface area (Å²) in [4.78, 5) is 17.9. The lowest BCUT2D eigenvalue weighted by atomic mass is 10.1. The Morgan fingerprint density at radius 3 is 2.21 bits per heavy atom. The van der Waals surface area contributed by atoms with Crippen molar-refractivity contribution in [1.82, 2.24) is 9.80 Å². The van der Waals surface area contributed by atoms with Crippen molar-refractivity contribution in [2.75, 3.05) is 32.4 Å². The van der Waals surface area contributed by atoms with Crippen LogP contribution in [-0.2, 0) is 6.54 Å². The van der Waals surface area contributed by atoms with Crippen LogP contribution < -0.4 is 0 Å². The molecule has 0 unspecified atom stereocenters. The molecule has 1 saturated heterocycles. The maximum atomic E-state index is 13.0. The normalized spacial score (nSPS) is 15.5. The second-order valence-corrected chi connectivity index (χ2v) is 6.80. The summed E-state index contributed by atoms with van der Waals surface area (Å²) in [6.45, 7) is 4.04. The van der Waals surface area contributed by atoms with Crippen molar-refractivity contribution in [3.05, 3.63) is 65.5 Å². The lowest BCUT2D eigenvalue weighted by Crippen LogP contribution is -2.48. The minimum atomic E-state index is -0.316. The largest absolute Gasteiger partial charge is 0.336 e. The van der Waals surface area contributed by atoms with Crippen LogP contribution in [0.5, 0.6) is 0 Å². The van der Waals surface area contributed by atoms with E-state index >= 15 is 0 Å². The average Bonchev–Trinajstić information content (AvgIpc) is 2.63. The van der Waals surface area contributed by atoms with Gasteiger partial charge in [-0.25, -0.2) is 4.39 Å². The van der Waals surface area contributed by atoms with E-state index in [1.165, 1.54) is 22.6 Å². The number of rotatable bonds is 4. The predicted octanol–water partition coefficient (Wildman–Crippen LogP) is 3.51. The number of benzene rings is 2. The van der Waals surface area contributed by atoms with Crippen LogP contribution in [0.25, 0.3) is 0 Å². The first-order valence-corrected chi connectivity index (χ1v) is 9.28. The Hall–Kier alpha value is -1.85. The van der Waals surface area contributed by atoms with Gasteiger partial charge in [-0.2, -0.15) is 0 Å². The van der Waals surface area contributed by atoms with Crippen LogP contribution in [0, 0.1) is 5.82 Å². The van der Waals surface area contributed by atoms with E-state index in [1.807, 2.05) is 4.90 Å². The summed E-state index contributed by atoms with van der Waals surface area (Å²) < 4.78 is 13.0. The van der Waals surface area contributed by atoms with Crippen molar-refractivity contribution < 1.29 is 9.18 Å². The lowest BCUT2D eigenvalue weighted by Gasteiger charge is -2.34. The summed E-state index contributed by atoms with van der Waals surface area (Å²) in [5.41, 5.74) is 1.85. The molecule has 2 aromatic carbocycles. The van der Waals surface area contributed by atoms with E-state index < -0.39 is 0 Å². The molecule has 1 aliphatic heterocycles. The third-order valence-corrected chi connectivity index (χ3v) is 5.06. The quantitative estimate of drug-likeness (QED) is 0.793. The van der Waals surface area contributed by atoms with E-state index in [0.29, 0.717) is 18.7 Å². The zero-order valence-corrected chi connectivity index (χ0v) is 14.6. The molecule has 0 aromatic heterocycles. The molecule has 0 N–H and O–H groups in total. The van der Waals surface area contributed by atoms with Crippen LogP contribution in [0.2, 0.25) is 0 Å². The van der Waals surface area contributed by atoms with Crippen molar-refractivity contribution in [3.8, 4) is 0 Å². The van der Waals surface area contributed by atoms with Crippen LogP contribution in [-0.4, -0.2) is 48.1 Å². The Morgan fingerprint density at radius 1 is 1.00 bits per heavy atom. The fourth-order valence-electron chi connectivity index (χ4n) is 2.87. The fourth-order valence-corrected chi connectivity index (χ4v) is 3.28. The van der Waals surface area contributed by atoms with Crippen LogP contribution in [0.1, 0.15) is 15.9 Å². The number of carbonyl (C=O) groups excluding carboxylic acids is 1. The van der Waals surface area contributed by atoms with Crippen LogP contribution in [0.4, 0.5) is 4.39 Å². The predicted molar refractivity (Wildman–Crippen MR) is 95.8 cm³/mol. The van der Waals surface area contributed by atoms with Gasteiger partial charge in [0.25, 0.3) is 5.91 Å². The number of nitrogens with zero attached hydrogens (tertiary/aromatic N) is 2. The lowest BCUT2D eigenvalue weighted by molar-refractivity contribution is 0.0628. The summed E-state index contributed by atoms with van der Waals surface area (Å²) >= 11 is 1.74. The Balaban J connectivity index is 1.53. The molecule has 0 saturated carbocycles. The molecule has 5 heteroatoms. The monoisotopic (exact) mass is 344 g/mol. The zero-order chi connectivity index (χ0) is 16.9. The molecule has 126 valence electrons. The highest BCUT2D eigenvalue weighted by molar-refractivity contribution is 7.98. The number of piperazine rings is 1. The van der Waals surface area contributed by atoms with Gasteiger partial charge in [-0.05, 0) is 48.2 Å². The first-order chi connectivity index (χ1) is 11.7. The number of halogens is 1. The van der Waals surface area contributed by atoms with Gasteiger partial charge in [-0.15, -0.1) is 11.8 Å². The minimum Gasteiger partial charge on any atom is -0.336 e. The Kier molecular flexibility index (Phi) is 5.53. The van der Waals surface area contributed by atoms with E-state index in [9.17, 15) is 9.18 Å². The minimum absolute atomic E-state index is 0.0148. The topological polar surface area (TPSA) is 23.6 Å². The van der Waals surface area contributed by atoms with Gasteiger partial charge in [0.05, 0.1) is 0 Å². The van der Waals surface area contributed by atoms with Crippen molar-refractivity contribution in [2.24, 2.45) is 0 Å². The molecule has 1 fully saturated rings. The number of carbonyl (C=O) groups is 1. The zero-order valence-electron chi connectivity index (χ0n) is 13.7. The van der Waals surface area contributed by atoms with E-state index in [2.05, 4.69) is 35.4 Å². The van der Waals surface area contributed by atoms with Gasteiger partial charge >= 0.3 is 0 Å². The first-order valence-electron chi connectivity index (χ1n) is 8.06. The van der Waals surface area contributed by atoms with E-state index in [0.717, 1.165) is 19.6 Å². The van der Waals surface area contributed by atoms with E-state index in [1.54, 1.807) is 23.9 Å². The summed E-state index contributed by atoms with van der Waals surface area (Å²) in [5.74, 6) is -0.331. The van der Waals surface area contributed by atoms with Crippen LogP contribution in [0.15, 0.2) is 53.4 Å². The van der Waals surface area contributed by atoms with Gasteiger partial charge in [0.2, 0.25) is 0 Å². The first kappa shape index (κ1) is 17.0. The molecule has 1 amide bonds. The summed E-state index contributed by atoms with van der Waals surface area (Å²) in [5, 5.41) is 0. The maximum absolute atomic E-state index is 13.0. The molecule has 0 aliphatic carbocycles. The molecule has 24 heavy (non-hydrogen) atoms. The number of hydrogen-bond acceptors (Lipinski definition) is 3. The molecular weight excluding hydrogens is 323 g/mol. The fraction of sp³-hybridized carbons (Fsp3) is 0.316. The molecule has 0 atom stereocenters. The Labute approximate surface area is 146 Å². The maximum Gasteiger partial charge on any atom is 0.253 e. The molecular formula is C19H21FN2OS. The van der Waals surface area contributed by atoms with Crippen molar-refractivity contribution in [3.63, 3.8) is 0 Å². The highest BCUT2D eigenvalue weighted by Crippen LogP contribution is 2.17. The van der Waals surface area contributed by atoms with E-state index in [4.69, 9.17) is 0 Å². The highest BCUT2D eigenvalue weighted by atomic mass is 32.2. The number of thioether (sulfide) groups is 1. The molecule has 3 rings (SSSR count). The van der Waals surface area contributed by atoms with Gasteiger partial charge < -0.3 is 4.90 Å². The van der Waals surface area contributed by atoms with Crippen molar-refractivity contribution in [1.29, 1.82) is 0 Å². The molecule has 0 spiro atoms. The van der Waals surface area contributed by atoms with Crippen LogP contribution >= 0.6 is 11.8 Å². The van der Waals surface area contributed by atoms with Gasteiger partial charge in [-0.1, -0.05) is 12.1 Å². The second kappa shape index (κ2) is 7.81. The summed E-state index contributed by atoms with van der Waals surface area (Å²) in [6.07, 6.45) is 2.08. The van der Waals surface area contributed by atoms with Crippen molar-refractivity contribution >= 4 is 17.7 Å². The SMILES string of the molecule is CSc1ccc(CN2CCN(C(=O)c3ccc(F)cc3)CC2)cc1. The molecule has 3 nitrogen and oxygen atoms in total. The molecule has 0 bridgehead atoms. The standard InChI is InChI=1S/C19H21FN2OS/c1-24-18-8-2-15(3-9-18)14-21-10-12-22(13-11-21)19(23)16-4-6-17(20)7-5-16/h2-9H,10-14H2,1H3.